The van der Waals surface area contributed by atoms with Gasteiger partial charge in [-0.3, -0.25) is 0 Å². The van der Waals surface area contributed by atoms with Crippen molar-refractivity contribution in [2.75, 3.05) is 0 Å². The minimum Gasteiger partial charge on any atom is -0.321 e. The van der Waals surface area contributed by atoms with E-state index < -0.39 is 35.2 Å². The third-order valence-corrected chi connectivity index (χ3v) is 4.75. The van der Waals surface area contributed by atoms with Crippen molar-refractivity contribution in [1.82, 2.24) is 4.98 Å². The Balaban J connectivity index is 2.24. The molecule has 0 amide bonds. The SMILES string of the molecule is NC1(c2cnc(C(F)(F)F)s2)CCCC(C(F)(F)F)C1. The number of aromatic nitrogens is 1. The van der Waals surface area contributed by atoms with Gasteiger partial charge in [0.05, 0.1) is 11.5 Å². The Hall–Kier alpha value is -0.830. The molecule has 2 N–H and O–H groups in total. The second kappa shape index (κ2) is 4.87. The molecule has 0 aliphatic heterocycles. The molecule has 1 aliphatic carbocycles. The lowest BCUT2D eigenvalue weighted by molar-refractivity contribution is -0.187. The van der Waals surface area contributed by atoms with Crippen LogP contribution in [0.4, 0.5) is 26.3 Å². The molecule has 1 aromatic rings. The molecule has 2 rings (SSSR count). The van der Waals surface area contributed by atoms with E-state index in [0.29, 0.717) is 11.3 Å². The van der Waals surface area contributed by atoms with Gasteiger partial charge in [-0.05, 0) is 19.3 Å². The highest BCUT2D eigenvalue weighted by Crippen LogP contribution is 2.47. The lowest BCUT2D eigenvalue weighted by Gasteiger charge is -2.37. The first-order chi connectivity index (χ1) is 9.02. The van der Waals surface area contributed by atoms with Crippen LogP contribution in [0.15, 0.2) is 6.20 Å². The highest BCUT2D eigenvalue weighted by Gasteiger charge is 2.48. The minimum atomic E-state index is -4.60. The molecule has 0 spiro atoms. The number of hydrogen-bond acceptors (Lipinski definition) is 3. The predicted molar refractivity (Wildman–Crippen MR) is 61.0 cm³/mol. The average molecular weight is 318 g/mol. The fraction of sp³-hybridized carbons (Fsp3) is 0.727. The summed E-state index contributed by atoms with van der Waals surface area (Å²) in [5.74, 6) is -1.57. The second-order valence-electron chi connectivity index (χ2n) is 5.02. The standard InChI is InChI=1S/C11H12F6N2S/c12-10(13,14)6-2-1-3-9(18,4-6)7-5-19-8(20-7)11(15,16)17/h5-6H,1-4,18H2. The Labute approximate surface area is 115 Å². The highest BCUT2D eigenvalue weighted by atomic mass is 32.1. The lowest BCUT2D eigenvalue weighted by atomic mass is 9.75. The lowest BCUT2D eigenvalue weighted by Crippen LogP contribution is -2.44. The average Bonchev–Trinajstić information content (AvgIpc) is 2.77. The number of hydrogen-bond donors (Lipinski definition) is 1. The molecule has 2 nitrogen and oxygen atoms in total. The largest absolute Gasteiger partial charge is 0.443 e. The Morgan fingerprint density at radius 2 is 1.90 bits per heavy atom. The molecular weight excluding hydrogens is 306 g/mol. The summed E-state index contributed by atoms with van der Waals surface area (Å²) >= 11 is 0.329. The molecule has 20 heavy (non-hydrogen) atoms. The van der Waals surface area contributed by atoms with E-state index in [1.54, 1.807) is 0 Å². The second-order valence-corrected chi connectivity index (χ2v) is 6.05. The quantitative estimate of drug-likeness (QED) is 0.793. The van der Waals surface area contributed by atoms with E-state index in [9.17, 15) is 26.3 Å². The molecule has 0 radical (unpaired) electrons. The van der Waals surface area contributed by atoms with Crippen LogP contribution in [0, 0.1) is 5.92 Å². The normalized spacial score (nSPS) is 28.6. The molecule has 2 atom stereocenters. The van der Waals surface area contributed by atoms with E-state index in [0.717, 1.165) is 6.20 Å². The maximum absolute atomic E-state index is 12.7. The van der Waals surface area contributed by atoms with Crippen LogP contribution in [0.25, 0.3) is 0 Å². The van der Waals surface area contributed by atoms with Crippen LogP contribution < -0.4 is 5.73 Å². The van der Waals surface area contributed by atoms with Crippen LogP contribution in [-0.4, -0.2) is 11.2 Å². The first-order valence-corrected chi connectivity index (χ1v) is 6.73. The summed E-state index contributed by atoms with van der Waals surface area (Å²) in [6, 6.07) is 0. The summed E-state index contributed by atoms with van der Waals surface area (Å²) < 4.78 is 75.7. The Morgan fingerprint density at radius 3 is 2.40 bits per heavy atom. The smallest absolute Gasteiger partial charge is 0.321 e. The molecule has 114 valence electrons. The van der Waals surface area contributed by atoms with Crippen LogP contribution in [0.5, 0.6) is 0 Å². The molecule has 1 aromatic heterocycles. The van der Waals surface area contributed by atoms with Gasteiger partial charge in [0, 0.05) is 11.1 Å². The van der Waals surface area contributed by atoms with Gasteiger partial charge in [0.15, 0.2) is 5.01 Å². The number of thiazole rings is 1. The number of alkyl halides is 6. The van der Waals surface area contributed by atoms with Gasteiger partial charge in [-0.25, -0.2) is 4.98 Å². The maximum Gasteiger partial charge on any atom is 0.443 e. The third-order valence-electron chi connectivity index (χ3n) is 3.49. The Morgan fingerprint density at radius 1 is 1.25 bits per heavy atom. The van der Waals surface area contributed by atoms with E-state index >= 15 is 0 Å². The van der Waals surface area contributed by atoms with Gasteiger partial charge in [0.1, 0.15) is 0 Å². The fourth-order valence-corrected chi connectivity index (χ4v) is 3.37. The number of nitrogens with two attached hydrogens (primary N) is 1. The molecule has 2 unspecified atom stereocenters. The molecule has 1 saturated carbocycles. The molecular formula is C11H12F6N2S. The summed E-state index contributed by atoms with van der Waals surface area (Å²) in [6.07, 6.45) is -7.98. The van der Waals surface area contributed by atoms with E-state index in [-0.39, 0.29) is 24.1 Å². The van der Waals surface area contributed by atoms with Gasteiger partial charge >= 0.3 is 12.4 Å². The molecule has 1 heterocycles. The molecule has 1 fully saturated rings. The first-order valence-electron chi connectivity index (χ1n) is 5.91. The van der Waals surface area contributed by atoms with Crippen LogP contribution in [0.3, 0.4) is 0 Å². The highest BCUT2D eigenvalue weighted by molar-refractivity contribution is 7.11. The van der Waals surface area contributed by atoms with Gasteiger partial charge < -0.3 is 5.73 Å². The summed E-state index contributed by atoms with van der Waals surface area (Å²) in [4.78, 5) is 3.30. The van der Waals surface area contributed by atoms with Crippen LogP contribution in [0.2, 0.25) is 0 Å². The summed E-state index contributed by atoms with van der Waals surface area (Å²) in [5, 5.41) is -1.08. The maximum atomic E-state index is 12.7. The van der Waals surface area contributed by atoms with E-state index in [2.05, 4.69) is 4.98 Å². The van der Waals surface area contributed by atoms with Crippen molar-refractivity contribution in [1.29, 1.82) is 0 Å². The molecule has 9 heteroatoms. The van der Waals surface area contributed by atoms with Crippen molar-refractivity contribution in [3.63, 3.8) is 0 Å². The predicted octanol–water partition coefficient (Wildman–Crippen LogP) is 4.07. The molecule has 1 aliphatic rings. The molecule has 0 aromatic carbocycles. The summed E-state index contributed by atoms with van der Waals surface area (Å²) in [5.41, 5.74) is 4.55. The molecule has 0 bridgehead atoms. The third kappa shape index (κ3) is 3.08. The first kappa shape index (κ1) is 15.6. The zero-order chi connectivity index (χ0) is 15.2. The van der Waals surface area contributed by atoms with Crippen molar-refractivity contribution in [2.45, 2.75) is 43.6 Å². The fourth-order valence-electron chi connectivity index (χ4n) is 2.45. The van der Waals surface area contributed by atoms with Gasteiger partial charge in [-0.2, -0.15) is 26.3 Å². The van der Waals surface area contributed by atoms with Crippen LogP contribution in [0.1, 0.15) is 35.6 Å². The van der Waals surface area contributed by atoms with Gasteiger partial charge in [0.25, 0.3) is 0 Å². The Kier molecular flexibility index (Phi) is 3.79. The van der Waals surface area contributed by atoms with Crippen molar-refractivity contribution in [3.8, 4) is 0 Å². The van der Waals surface area contributed by atoms with Gasteiger partial charge in [-0.1, -0.05) is 6.42 Å². The van der Waals surface area contributed by atoms with Crippen molar-refractivity contribution in [3.05, 3.63) is 16.1 Å². The topological polar surface area (TPSA) is 38.9 Å². The summed E-state index contributed by atoms with van der Waals surface area (Å²) in [7, 11) is 0. The minimum absolute atomic E-state index is 0.0343. The van der Waals surface area contributed by atoms with E-state index in [1.807, 2.05) is 0 Å². The Bertz CT molecular complexity index is 480. The van der Waals surface area contributed by atoms with E-state index in [1.165, 1.54) is 0 Å². The molecule has 0 saturated heterocycles. The monoisotopic (exact) mass is 318 g/mol. The zero-order valence-electron chi connectivity index (χ0n) is 10.2. The van der Waals surface area contributed by atoms with Gasteiger partial charge in [-0.15, -0.1) is 11.3 Å². The van der Waals surface area contributed by atoms with Crippen LogP contribution in [-0.2, 0) is 11.7 Å². The van der Waals surface area contributed by atoms with Crippen LogP contribution >= 0.6 is 11.3 Å². The number of nitrogens with zero attached hydrogens (tertiary/aromatic N) is 1. The number of rotatable bonds is 1. The van der Waals surface area contributed by atoms with Crippen molar-refractivity contribution < 1.29 is 26.3 Å². The van der Waals surface area contributed by atoms with Gasteiger partial charge in [0.2, 0.25) is 0 Å². The summed E-state index contributed by atoms with van der Waals surface area (Å²) in [6.45, 7) is 0. The van der Waals surface area contributed by atoms with Crippen molar-refractivity contribution in [2.24, 2.45) is 11.7 Å². The van der Waals surface area contributed by atoms with E-state index in [4.69, 9.17) is 5.73 Å². The van der Waals surface area contributed by atoms with Crippen molar-refractivity contribution >= 4 is 11.3 Å². The number of halogens is 6. The zero-order valence-corrected chi connectivity index (χ0v) is 11.0.